The largest absolute Gasteiger partial charge is 0.453 e. The Morgan fingerprint density at radius 2 is 1.38 bits per heavy atom. The van der Waals surface area contributed by atoms with Gasteiger partial charge < -0.3 is 40.2 Å². The molecule has 79 heavy (non-hydrogen) atoms. The Morgan fingerprint density at radius 1 is 0.797 bits per heavy atom. The smallest absolute Gasteiger partial charge is 0.407 e. The van der Waals surface area contributed by atoms with E-state index in [0.717, 1.165) is 71.4 Å². The molecule has 6 rings (SSSR count). The van der Waals surface area contributed by atoms with Gasteiger partial charge in [0.05, 0.1) is 62.1 Å². The van der Waals surface area contributed by atoms with Crippen LogP contribution in [-0.4, -0.2) is 151 Å². The van der Waals surface area contributed by atoms with Gasteiger partial charge in [0.2, 0.25) is 5.91 Å². The van der Waals surface area contributed by atoms with Crippen molar-refractivity contribution >= 4 is 29.8 Å². The van der Waals surface area contributed by atoms with Crippen molar-refractivity contribution in [3.05, 3.63) is 113 Å². The van der Waals surface area contributed by atoms with Gasteiger partial charge in [0.15, 0.2) is 0 Å². The Morgan fingerprint density at radius 3 is 1.89 bits per heavy atom. The lowest BCUT2D eigenvalue weighted by Gasteiger charge is -2.47. The number of carbonyl (C=O) groups excluding carboxylic acids is 4. The first-order valence-corrected chi connectivity index (χ1v) is 25.1. The molecule has 5 atom stereocenters. The summed E-state index contributed by atoms with van der Waals surface area (Å²) in [7, 11) is 1.66. The van der Waals surface area contributed by atoms with Gasteiger partial charge in [0.25, 0.3) is 5.91 Å². The molecular formula is C54H63F8N9O8. The van der Waals surface area contributed by atoms with Crippen LogP contribution < -0.4 is 26.3 Å². The Kier molecular flexibility index (Phi) is 19.9. The summed E-state index contributed by atoms with van der Waals surface area (Å²) in [5, 5.41) is 18.7. The molecule has 0 bridgehead atoms. The summed E-state index contributed by atoms with van der Waals surface area (Å²) < 4.78 is 134. The minimum atomic E-state index is -5.18. The number of pyridine rings is 2. The van der Waals surface area contributed by atoms with E-state index in [-0.39, 0.29) is 11.3 Å². The average Bonchev–Trinajstić information content (AvgIpc) is 3.50. The van der Waals surface area contributed by atoms with Crippen LogP contribution in [0.25, 0.3) is 11.3 Å². The number of alkyl carbamates (subject to hydrolysis) is 2. The first-order chi connectivity index (χ1) is 37.2. The van der Waals surface area contributed by atoms with Gasteiger partial charge in [-0.3, -0.25) is 24.9 Å². The van der Waals surface area contributed by atoms with Crippen LogP contribution in [0.15, 0.2) is 79.1 Å². The maximum absolute atomic E-state index is 16.0. The lowest BCUT2D eigenvalue weighted by molar-refractivity contribution is -0.221. The number of carbonyl (C=O) groups is 4. The quantitative estimate of drug-likeness (QED) is 0.0380. The zero-order valence-corrected chi connectivity index (χ0v) is 44.4. The van der Waals surface area contributed by atoms with Crippen LogP contribution in [-0.2, 0) is 36.8 Å². The number of hydrazine groups is 1. The fraction of sp³-hybridized carbons (Fsp3) is 0.481. The summed E-state index contributed by atoms with van der Waals surface area (Å²) in [6.07, 6.45) is -11.7. The minimum absolute atomic E-state index is 0.0302. The highest BCUT2D eigenvalue weighted by atomic mass is 19.4. The summed E-state index contributed by atoms with van der Waals surface area (Å²) >= 11 is 0. The number of nitrogens with zero attached hydrogens (tertiary/aromatic N) is 5. The first-order valence-electron chi connectivity index (χ1n) is 25.1. The number of rotatable bonds is 19. The zero-order valence-electron chi connectivity index (χ0n) is 44.4. The molecule has 5 N–H and O–H groups in total. The van der Waals surface area contributed by atoms with Crippen molar-refractivity contribution in [2.24, 2.45) is 10.8 Å². The molecule has 2 aliphatic heterocycles. The summed E-state index contributed by atoms with van der Waals surface area (Å²) in [5.41, 5.74) is -3.23. The SMILES string of the molecule is CCC1CN(c2ccc(C#Cc3ccc(C[C@H](NC(=O)[C@@H](NC(=O)OC)C(C)(C)C(F)(F)F)[C@@H](O)CN(Cc4c(F)cc(-c5ccccn5)cc4F)NC(=O)[C@@H](NC(=O)OC)C(C)(C)C(F)(F)F)cc3)cn2)CCN1C1COC1. The number of aromatic nitrogens is 2. The van der Waals surface area contributed by atoms with Gasteiger partial charge >= 0.3 is 24.5 Å². The van der Waals surface area contributed by atoms with Crippen LogP contribution in [0.4, 0.5) is 50.5 Å². The molecule has 17 nitrogen and oxygen atoms in total. The third-order valence-corrected chi connectivity index (χ3v) is 14.2. The topological polar surface area (TPSA) is 200 Å². The van der Waals surface area contributed by atoms with Crippen molar-refractivity contribution in [1.82, 2.24) is 41.3 Å². The maximum Gasteiger partial charge on any atom is 0.407 e. The fourth-order valence-corrected chi connectivity index (χ4v) is 8.83. The van der Waals surface area contributed by atoms with E-state index in [9.17, 15) is 50.6 Å². The number of hydrogen-bond donors (Lipinski definition) is 5. The number of piperazine rings is 1. The van der Waals surface area contributed by atoms with E-state index in [1.165, 1.54) is 24.4 Å². The number of alkyl halides is 6. The summed E-state index contributed by atoms with van der Waals surface area (Å²) in [6.45, 7) is 6.46. The van der Waals surface area contributed by atoms with Crippen molar-refractivity contribution in [2.75, 3.05) is 58.5 Å². The van der Waals surface area contributed by atoms with E-state index in [2.05, 4.69) is 58.7 Å². The highest BCUT2D eigenvalue weighted by Crippen LogP contribution is 2.42. The standard InChI is InChI=1S/C54H63F8N9O8/c1-8-36-27-69(21-22-71(36)37-30-79-31-37)44-19-18-34(26-64-44)17-14-32-12-15-33(16-13-32)23-42(65-47(73)45(66-49(75)77-6)51(2,3)53(57,58)59)43(72)29-70(68-48(74)46(67-50(76)78-7)52(4,5)54(60,61)62)28-38-39(55)24-35(25-40(38)56)41-11-9-10-20-63-41/h9-13,15-16,18-20,24-26,36-37,42-43,45-46,72H,8,21-23,27-31H2,1-7H3,(H,65,73)(H,66,75)(H,67,76)(H,68,74)/t36?,42-,43-,45+,46+/m0/s1. The molecule has 0 spiro atoms. The molecule has 2 saturated heterocycles. The summed E-state index contributed by atoms with van der Waals surface area (Å²) in [4.78, 5) is 66.4. The van der Waals surface area contributed by atoms with Crippen LogP contribution in [0.1, 0.15) is 63.3 Å². The van der Waals surface area contributed by atoms with E-state index in [1.54, 1.807) is 30.5 Å². The van der Waals surface area contributed by atoms with E-state index < -0.39 is 108 Å². The monoisotopic (exact) mass is 1120 g/mol. The fourth-order valence-electron chi connectivity index (χ4n) is 8.83. The third kappa shape index (κ3) is 15.2. The second-order valence-corrected chi connectivity index (χ2v) is 20.2. The maximum atomic E-state index is 16.0. The van der Waals surface area contributed by atoms with Gasteiger partial charge in [-0.05, 0) is 94.6 Å². The molecule has 0 radical (unpaired) electrons. The van der Waals surface area contributed by atoms with Crippen LogP contribution in [0, 0.1) is 34.3 Å². The van der Waals surface area contributed by atoms with Gasteiger partial charge in [0.1, 0.15) is 29.5 Å². The average molecular weight is 1120 g/mol. The Bertz CT molecular complexity index is 2790. The molecule has 0 saturated carbocycles. The predicted molar refractivity (Wildman–Crippen MR) is 272 cm³/mol. The van der Waals surface area contributed by atoms with Crippen LogP contribution in [0.5, 0.6) is 0 Å². The highest BCUT2D eigenvalue weighted by Gasteiger charge is 2.57. The Hall–Kier alpha value is -7.14. The Balaban J connectivity index is 1.31. The van der Waals surface area contributed by atoms with Crippen molar-refractivity contribution in [2.45, 2.75) is 103 Å². The van der Waals surface area contributed by atoms with Gasteiger partial charge in [-0.15, -0.1) is 0 Å². The number of nitrogens with one attached hydrogen (secondary N) is 4. The molecule has 4 amide bonds. The molecule has 2 aromatic heterocycles. The van der Waals surface area contributed by atoms with Crippen LogP contribution >= 0.6 is 0 Å². The number of ether oxygens (including phenoxy) is 3. The molecule has 2 fully saturated rings. The van der Waals surface area contributed by atoms with Crippen molar-refractivity contribution in [3.8, 4) is 23.1 Å². The normalized spacial score (nSPS) is 17.0. The van der Waals surface area contributed by atoms with E-state index >= 15 is 8.78 Å². The predicted octanol–water partition coefficient (Wildman–Crippen LogP) is 6.67. The first kappa shape index (κ1) is 61.1. The summed E-state index contributed by atoms with van der Waals surface area (Å²) in [5.74, 6) is 1.29. The van der Waals surface area contributed by atoms with E-state index in [4.69, 9.17) is 4.74 Å². The van der Waals surface area contributed by atoms with E-state index in [1.807, 2.05) is 22.8 Å². The molecule has 2 aliphatic rings. The van der Waals surface area contributed by atoms with Crippen molar-refractivity contribution < 1.29 is 73.6 Å². The number of amides is 4. The molecule has 4 heterocycles. The van der Waals surface area contributed by atoms with Crippen molar-refractivity contribution in [3.63, 3.8) is 0 Å². The molecular weight excluding hydrogens is 1050 g/mol. The number of aliphatic hydroxyl groups is 1. The van der Waals surface area contributed by atoms with Gasteiger partial charge in [0, 0.05) is 73.4 Å². The second kappa shape index (κ2) is 25.8. The second-order valence-electron chi connectivity index (χ2n) is 20.2. The number of aliphatic hydroxyl groups excluding tert-OH is 1. The molecule has 1 unspecified atom stereocenters. The lowest BCUT2D eigenvalue weighted by Crippen LogP contribution is -2.63. The van der Waals surface area contributed by atoms with Gasteiger partial charge in [-0.1, -0.05) is 37.0 Å². The number of methoxy groups -OCH3 is 2. The molecule has 0 aliphatic carbocycles. The zero-order chi connectivity index (χ0) is 58.0. The molecule has 25 heteroatoms. The van der Waals surface area contributed by atoms with Gasteiger partial charge in [-0.25, -0.2) is 28.4 Å². The molecule has 4 aromatic rings. The third-order valence-electron chi connectivity index (χ3n) is 14.2. The van der Waals surface area contributed by atoms with E-state index in [0.29, 0.717) is 61.5 Å². The van der Waals surface area contributed by atoms with Crippen molar-refractivity contribution in [1.29, 1.82) is 0 Å². The summed E-state index contributed by atoms with van der Waals surface area (Å²) in [6, 6.07) is 10.4. The lowest BCUT2D eigenvalue weighted by atomic mass is 9.82. The van der Waals surface area contributed by atoms with Crippen LogP contribution in [0.3, 0.4) is 0 Å². The Labute approximate surface area is 451 Å². The number of halogens is 8. The molecule has 428 valence electrons. The van der Waals surface area contributed by atoms with Crippen LogP contribution in [0.2, 0.25) is 0 Å². The highest BCUT2D eigenvalue weighted by molar-refractivity contribution is 5.87. The van der Waals surface area contributed by atoms with Gasteiger partial charge in [-0.2, -0.15) is 26.3 Å². The number of anilines is 1. The minimum Gasteiger partial charge on any atom is -0.453 e. The molecule has 2 aromatic carbocycles. The number of hydrogen-bond acceptors (Lipinski definition) is 13. The number of benzene rings is 2.